The van der Waals surface area contributed by atoms with Crippen LogP contribution in [0.25, 0.3) is 10.9 Å². The molecule has 0 atom stereocenters. The van der Waals surface area contributed by atoms with Crippen molar-refractivity contribution in [2.45, 2.75) is 13.3 Å². The second-order valence-electron chi connectivity index (χ2n) is 4.83. The molecular weight excluding hydrogens is 246 g/mol. The molecule has 3 nitrogen and oxygen atoms in total. The second kappa shape index (κ2) is 5.70. The van der Waals surface area contributed by atoms with Crippen molar-refractivity contribution in [2.24, 2.45) is 0 Å². The Balaban J connectivity index is 1.76. The lowest BCUT2D eigenvalue weighted by Gasteiger charge is -2.10. The summed E-state index contributed by atoms with van der Waals surface area (Å²) in [6.07, 6.45) is 4.61. The Kier molecular flexibility index (Phi) is 3.59. The van der Waals surface area contributed by atoms with Crippen LogP contribution >= 0.6 is 0 Å². The molecule has 100 valence electrons. The predicted octanol–water partition coefficient (Wildman–Crippen LogP) is 3.59. The summed E-state index contributed by atoms with van der Waals surface area (Å²) in [6, 6.07) is 14.3. The Morgan fingerprint density at radius 2 is 1.90 bits per heavy atom. The van der Waals surface area contributed by atoms with Crippen molar-refractivity contribution in [1.29, 1.82) is 0 Å². The Morgan fingerprint density at radius 3 is 2.75 bits per heavy atom. The molecule has 0 saturated carbocycles. The van der Waals surface area contributed by atoms with E-state index in [1.165, 1.54) is 10.9 Å². The van der Waals surface area contributed by atoms with Gasteiger partial charge in [-0.25, -0.2) is 0 Å². The highest BCUT2D eigenvalue weighted by atomic mass is 14.9. The predicted molar refractivity (Wildman–Crippen MR) is 82.9 cm³/mol. The zero-order chi connectivity index (χ0) is 13.8. The van der Waals surface area contributed by atoms with E-state index >= 15 is 0 Å². The van der Waals surface area contributed by atoms with Crippen LogP contribution in [-0.4, -0.2) is 16.5 Å². The van der Waals surface area contributed by atoms with Gasteiger partial charge in [-0.15, -0.1) is 0 Å². The van der Waals surface area contributed by atoms with Gasteiger partial charge in [-0.3, -0.25) is 9.97 Å². The number of nitrogens with one attached hydrogen (secondary N) is 1. The molecule has 3 aromatic rings. The van der Waals surface area contributed by atoms with Gasteiger partial charge in [0.25, 0.3) is 0 Å². The second-order valence-corrected chi connectivity index (χ2v) is 4.83. The van der Waals surface area contributed by atoms with Crippen LogP contribution in [0, 0.1) is 6.92 Å². The number of hydrogen-bond donors (Lipinski definition) is 1. The first kappa shape index (κ1) is 12.6. The molecule has 2 aromatic heterocycles. The van der Waals surface area contributed by atoms with Crippen LogP contribution in [0.15, 0.2) is 54.9 Å². The molecule has 0 aliphatic carbocycles. The molecule has 3 heteroatoms. The maximum absolute atomic E-state index is 4.46. The molecule has 1 aromatic carbocycles. The van der Waals surface area contributed by atoms with Gasteiger partial charge in [-0.1, -0.05) is 24.3 Å². The summed E-state index contributed by atoms with van der Waals surface area (Å²) in [7, 11) is 0. The van der Waals surface area contributed by atoms with E-state index in [0.29, 0.717) is 0 Å². The fraction of sp³-hybridized carbons (Fsp3) is 0.176. The fourth-order valence-corrected chi connectivity index (χ4v) is 2.35. The van der Waals surface area contributed by atoms with Gasteiger partial charge in [-0.2, -0.15) is 0 Å². The van der Waals surface area contributed by atoms with Crippen molar-refractivity contribution in [2.75, 3.05) is 11.9 Å². The summed E-state index contributed by atoms with van der Waals surface area (Å²) in [5.74, 6) is 0. The number of benzene rings is 1. The molecule has 3 rings (SSSR count). The normalized spacial score (nSPS) is 10.7. The molecule has 0 aliphatic heterocycles. The van der Waals surface area contributed by atoms with Crippen molar-refractivity contribution in [3.8, 4) is 0 Å². The number of fused-ring (bicyclic) bond motifs is 1. The average molecular weight is 263 g/mol. The lowest BCUT2D eigenvalue weighted by molar-refractivity contribution is 0.962. The van der Waals surface area contributed by atoms with Crippen molar-refractivity contribution < 1.29 is 0 Å². The summed E-state index contributed by atoms with van der Waals surface area (Å²) in [6.45, 7) is 2.96. The van der Waals surface area contributed by atoms with E-state index in [2.05, 4.69) is 46.5 Å². The van der Waals surface area contributed by atoms with Gasteiger partial charge in [0.05, 0.1) is 5.52 Å². The third-order valence-corrected chi connectivity index (χ3v) is 3.40. The molecule has 20 heavy (non-hydrogen) atoms. The monoisotopic (exact) mass is 263 g/mol. The fourth-order valence-electron chi connectivity index (χ4n) is 2.35. The highest BCUT2D eigenvalue weighted by Gasteiger charge is 2.03. The zero-order valence-corrected chi connectivity index (χ0v) is 11.5. The van der Waals surface area contributed by atoms with Crippen LogP contribution in [0.3, 0.4) is 0 Å². The smallest absolute Gasteiger partial charge is 0.0751 e. The summed E-state index contributed by atoms with van der Waals surface area (Å²) < 4.78 is 0. The van der Waals surface area contributed by atoms with Crippen LogP contribution in [-0.2, 0) is 6.42 Å². The first-order chi connectivity index (χ1) is 9.84. The molecule has 0 bridgehead atoms. The number of anilines is 1. The van der Waals surface area contributed by atoms with Gasteiger partial charge >= 0.3 is 0 Å². The van der Waals surface area contributed by atoms with Gasteiger partial charge in [0, 0.05) is 42.1 Å². The first-order valence-electron chi connectivity index (χ1n) is 6.83. The number of aryl methyl sites for hydroxylation is 1. The minimum Gasteiger partial charge on any atom is -0.384 e. The summed E-state index contributed by atoms with van der Waals surface area (Å²) in [5.41, 5.74) is 4.51. The lowest BCUT2D eigenvalue weighted by atomic mass is 10.1. The van der Waals surface area contributed by atoms with Crippen molar-refractivity contribution >= 4 is 16.6 Å². The van der Waals surface area contributed by atoms with Gasteiger partial charge in [-0.05, 0) is 30.7 Å². The molecule has 0 radical (unpaired) electrons. The minimum atomic E-state index is 0.865. The highest BCUT2D eigenvalue weighted by Crippen LogP contribution is 2.23. The summed E-state index contributed by atoms with van der Waals surface area (Å²) >= 11 is 0. The van der Waals surface area contributed by atoms with E-state index in [1.807, 2.05) is 30.6 Å². The number of pyridine rings is 2. The molecule has 0 aliphatic rings. The number of aromatic nitrogens is 2. The molecule has 0 fully saturated rings. The molecule has 1 N–H and O–H groups in total. The van der Waals surface area contributed by atoms with E-state index in [-0.39, 0.29) is 0 Å². The summed E-state index contributed by atoms with van der Waals surface area (Å²) in [4.78, 5) is 8.79. The van der Waals surface area contributed by atoms with Gasteiger partial charge < -0.3 is 5.32 Å². The topological polar surface area (TPSA) is 37.8 Å². The zero-order valence-electron chi connectivity index (χ0n) is 11.5. The number of hydrogen-bond acceptors (Lipinski definition) is 3. The molecular formula is C17H17N3. The third kappa shape index (κ3) is 2.62. The van der Waals surface area contributed by atoms with E-state index in [9.17, 15) is 0 Å². The van der Waals surface area contributed by atoms with Crippen molar-refractivity contribution in [1.82, 2.24) is 9.97 Å². The maximum Gasteiger partial charge on any atom is 0.0751 e. The van der Waals surface area contributed by atoms with E-state index in [0.717, 1.165) is 29.9 Å². The van der Waals surface area contributed by atoms with Crippen molar-refractivity contribution in [3.63, 3.8) is 0 Å². The maximum atomic E-state index is 4.46. The number of para-hydroxylation sites is 1. The van der Waals surface area contributed by atoms with Crippen molar-refractivity contribution in [3.05, 3.63) is 66.1 Å². The first-order valence-corrected chi connectivity index (χ1v) is 6.83. The van der Waals surface area contributed by atoms with Gasteiger partial charge in [0.2, 0.25) is 0 Å². The Morgan fingerprint density at radius 1 is 0.950 bits per heavy atom. The van der Waals surface area contributed by atoms with Crippen LogP contribution < -0.4 is 5.32 Å². The molecule has 0 amide bonds. The number of rotatable bonds is 4. The van der Waals surface area contributed by atoms with Crippen LogP contribution in [0.2, 0.25) is 0 Å². The Labute approximate surface area is 118 Å². The Hall–Kier alpha value is -2.42. The quantitative estimate of drug-likeness (QED) is 0.781. The molecule has 0 spiro atoms. The van der Waals surface area contributed by atoms with Gasteiger partial charge in [0.15, 0.2) is 0 Å². The van der Waals surface area contributed by atoms with Crippen LogP contribution in [0.1, 0.15) is 11.3 Å². The summed E-state index contributed by atoms with van der Waals surface area (Å²) in [5, 5.41) is 4.66. The average Bonchev–Trinajstić information content (AvgIpc) is 2.49. The molecule has 2 heterocycles. The lowest BCUT2D eigenvalue weighted by Crippen LogP contribution is -2.06. The molecule has 0 saturated heterocycles. The SMILES string of the molecule is Cc1cccc2c(NCCc3ccccn3)ccnc12. The number of nitrogens with zero attached hydrogens (tertiary/aromatic N) is 2. The van der Waals surface area contributed by atoms with E-state index < -0.39 is 0 Å². The van der Waals surface area contributed by atoms with Gasteiger partial charge in [0.1, 0.15) is 0 Å². The molecule has 0 unspecified atom stereocenters. The third-order valence-electron chi connectivity index (χ3n) is 3.40. The standard InChI is InChI=1S/C17H17N3/c1-13-5-4-7-15-16(9-12-20-17(13)15)19-11-8-14-6-2-3-10-18-14/h2-7,9-10,12H,8,11H2,1H3,(H,19,20). The highest BCUT2D eigenvalue weighted by molar-refractivity contribution is 5.92. The van der Waals surface area contributed by atoms with Crippen LogP contribution in [0.4, 0.5) is 5.69 Å². The minimum absolute atomic E-state index is 0.865. The van der Waals surface area contributed by atoms with Crippen LogP contribution in [0.5, 0.6) is 0 Å². The van der Waals surface area contributed by atoms with E-state index in [4.69, 9.17) is 0 Å². The Bertz CT molecular complexity index is 708. The van der Waals surface area contributed by atoms with E-state index in [1.54, 1.807) is 0 Å². The largest absolute Gasteiger partial charge is 0.384 e.